The first kappa shape index (κ1) is 23.2. The highest BCUT2D eigenvalue weighted by molar-refractivity contribution is 7.92. The number of phenols is 2. The van der Waals surface area contributed by atoms with E-state index in [1.807, 2.05) is 0 Å². The van der Waals surface area contributed by atoms with Crippen molar-refractivity contribution < 1.29 is 36.6 Å². The zero-order chi connectivity index (χ0) is 24.8. The van der Waals surface area contributed by atoms with Crippen LogP contribution in [-0.4, -0.2) is 24.5 Å². The Bertz CT molecular complexity index is 1450. The molecule has 4 rings (SSSR count). The van der Waals surface area contributed by atoms with E-state index in [0.717, 1.165) is 24.3 Å². The Morgan fingerprint density at radius 2 is 1.68 bits per heavy atom. The van der Waals surface area contributed by atoms with Crippen molar-refractivity contribution in [3.05, 3.63) is 76.9 Å². The molecule has 3 aromatic rings. The van der Waals surface area contributed by atoms with Crippen LogP contribution < -0.4 is 10.0 Å². The topological polar surface area (TPSA) is 116 Å². The van der Waals surface area contributed by atoms with Gasteiger partial charge in [0.25, 0.3) is 15.9 Å². The van der Waals surface area contributed by atoms with E-state index in [2.05, 4.69) is 10.0 Å². The summed E-state index contributed by atoms with van der Waals surface area (Å²) in [6.07, 6.45) is -3.19. The lowest BCUT2D eigenvalue weighted by molar-refractivity contribution is -0.137. The van der Waals surface area contributed by atoms with Crippen LogP contribution in [0.1, 0.15) is 22.3 Å². The number of benzene rings is 3. The summed E-state index contributed by atoms with van der Waals surface area (Å²) < 4.78 is 66.1. The molecule has 1 heterocycles. The summed E-state index contributed by atoms with van der Waals surface area (Å²) >= 11 is 0. The molecule has 0 unspecified atom stereocenters. The second-order valence-corrected chi connectivity index (χ2v) is 9.23. The molecule has 1 aliphatic rings. The number of hydrogen-bond acceptors (Lipinski definition) is 5. The maximum atomic E-state index is 12.8. The lowest BCUT2D eigenvalue weighted by Crippen LogP contribution is -2.13. The molecule has 11 heteroatoms. The molecular formula is C23H17F3N2O5S. The third-order valence-electron chi connectivity index (χ3n) is 5.28. The lowest BCUT2D eigenvalue weighted by Gasteiger charge is -2.11. The van der Waals surface area contributed by atoms with E-state index < -0.39 is 27.7 Å². The Hall–Kier alpha value is -3.99. The molecule has 1 amide bonds. The fourth-order valence-corrected chi connectivity index (χ4v) is 4.49. The lowest BCUT2D eigenvalue weighted by atomic mass is 10.0. The molecule has 34 heavy (non-hydrogen) atoms. The minimum Gasteiger partial charge on any atom is -0.508 e. The monoisotopic (exact) mass is 490 g/mol. The number of carbonyl (C=O) groups is 1. The third-order valence-corrected chi connectivity index (χ3v) is 6.66. The number of sulfonamides is 1. The van der Waals surface area contributed by atoms with Gasteiger partial charge in [0.05, 0.1) is 10.5 Å². The summed E-state index contributed by atoms with van der Waals surface area (Å²) in [7, 11) is -4.20. The van der Waals surface area contributed by atoms with E-state index in [0.29, 0.717) is 5.69 Å². The zero-order valence-electron chi connectivity index (χ0n) is 17.4. The van der Waals surface area contributed by atoms with Crippen molar-refractivity contribution in [2.24, 2.45) is 0 Å². The number of anilines is 2. The Kier molecular flexibility index (Phi) is 5.52. The van der Waals surface area contributed by atoms with Gasteiger partial charge in [-0.3, -0.25) is 9.52 Å². The fourth-order valence-electron chi connectivity index (χ4n) is 3.40. The van der Waals surface area contributed by atoms with Crippen LogP contribution in [0.25, 0.3) is 11.6 Å². The van der Waals surface area contributed by atoms with E-state index in [9.17, 15) is 36.6 Å². The molecule has 0 bridgehead atoms. The van der Waals surface area contributed by atoms with Crippen molar-refractivity contribution in [3.63, 3.8) is 0 Å². The van der Waals surface area contributed by atoms with Crippen LogP contribution in [0.3, 0.4) is 0 Å². The van der Waals surface area contributed by atoms with Crippen LogP contribution in [0.4, 0.5) is 24.5 Å². The molecular weight excluding hydrogens is 473 g/mol. The van der Waals surface area contributed by atoms with E-state index in [1.165, 1.54) is 43.3 Å². The fraction of sp³-hybridized carbons (Fsp3) is 0.0870. The SMILES string of the molecule is Cc1c(O)ccc(C=C2C(=O)Nc3ccc(S(=O)(=O)Nc4ccc(C(F)(F)F)cc4)cc32)c1O. The summed E-state index contributed by atoms with van der Waals surface area (Å²) in [6, 6.07) is 10.2. The van der Waals surface area contributed by atoms with Gasteiger partial charge in [0, 0.05) is 33.6 Å². The Balaban J connectivity index is 1.69. The average molecular weight is 490 g/mol. The number of amides is 1. The van der Waals surface area contributed by atoms with E-state index in [4.69, 9.17) is 0 Å². The number of phenolic OH excluding ortho intramolecular Hbond substituents is 2. The first-order valence-electron chi connectivity index (χ1n) is 9.76. The normalized spacial score (nSPS) is 14.7. The van der Waals surface area contributed by atoms with Crippen LogP contribution >= 0.6 is 0 Å². The zero-order valence-corrected chi connectivity index (χ0v) is 18.3. The maximum absolute atomic E-state index is 12.8. The molecule has 3 aromatic carbocycles. The standard InChI is InChI=1S/C23H17F3N2O5S/c1-12-20(29)9-2-13(21(12)30)10-18-17-11-16(7-8-19(17)27-22(18)31)34(32,33)28-15-5-3-14(4-6-15)23(24,25)26/h2-11,28-30H,1H3,(H,27,31). The molecule has 0 fully saturated rings. The molecule has 0 saturated carbocycles. The number of carbonyl (C=O) groups excluding carboxylic acids is 1. The minimum atomic E-state index is -4.55. The molecule has 7 nitrogen and oxygen atoms in total. The van der Waals surface area contributed by atoms with Crippen LogP contribution in [0.5, 0.6) is 11.5 Å². The molecule has 0 aromatic heterocycles. The predicted octanol–water partition coefficient (Wildman–Crippen LogP) is 4.72. The number of rotatable bonds is 4. The van der Waals surface area contributed by atoms with Gasteiger partial charge in [-0.1, -0.05) is 0 Å². The second-order valence-electron chi connectivity index (χ2n) is 7.55. The molecule has 0 radical (unpaired) electrons. The quantitative estimate of drug-likeness (QED) is 0.395. The number of alkyl halides is 3. The molecule has 0 aliphatic carbocycles. The van der Waals surface area contributed by atoms with Gasteiger partial charge in [0.1, 0.15) is 11.5 Å². The first-order valence-corrected chi connectivity index (χ1v) is 11.2. The van der Waals surface area contributed by atoms with Gasteiger partial charge in [-0.2, -0.15) is 13.2 Å². The molecule has 0 saturated heterocycles. The molecule has 0 atom stereocenters. The Morgan fingerprint density at radius 3 is 2.32 bits per heavy atom. The van der Waals surface area contributed by atoms with E-state index in [1.54, 1.807) is 0 Å². The molecule has 0 spiro atoms. The van der Waals surface area contributed by atoms with Crippen molar-refractivity contribution in [3.8, 4) is 11.5 Å². The van der Waals surface area contributed by atoms with Crippen molar-refractivity contribution in [2.45, 2.75) is 18.0 Å². The number of nitrogens with one attached hydrogen (secondary N) is 2. The average Bonchev–Trinajstić information content (AvgIpc) is 3.08. The summed E-state index contributed by atoms with van der Waals surface area (Å²) in [5.74, 6) is -0.884. The predicted molar refractivity (Wildman–Crippen MR) is 120 cm³/mol. The molecule has 4 N–H and O–H groups in total. The van der Waals surface area contributed by atoms with Gasteiger partial charge in [-0.25, -0.2) is 8.42 Å². The summed E-state index contributed by atoms with van der Waals surface area (Å²) in [5, 5.41) is 22.6. The van der Waals surface area contributed by atoms with Crippen LogP contribution in [0, 0.1) is 6.92 Å². The highest BCUT2D eigenvalue weighted by atomic mass is 32.2. The highest BCUT2D eigenvalue weighted by Crippen LogP contribution is 2.38. The van der Waals surface area contributed by atoms with Gasteiger partial charge in [0.2, 0.25) is 0 Å². The first-order chi connectivity index (χ1) is 15.9. The van der Waals surface area contributed by atoms with Gasteiger partial charge in [-0.15, -0.1) is 0 Å². The van der Waals surface area contributed by atoms with Crippen molar-refractivity contribution >= 4 is 39.0 Å². The van der Waals surface area contributed by atoms with Crippen molar-refractivity contribution in [2.75, 3.05) is 10.0 Å². The van der Waals surface area contributed by atoms with E-state index >= 15 is 0 Å². The smallest absolute Gasteiger partial charge is 0.416 e. The van der Waals surface area contributed by atoms with Gasteiger partial charge >= 0.3 is 6.18 Å². The molecule has 1 aliphatic heterocycles. The Labute approximate surface area is 192 Å². The van der Waals surface area contributed by atoms with Crippen LogP contribution in [0.2, 0.25) is 0 Å². The van der Waals surface area contributed by atoms with Crippen LogP contribution in [0.15, 0.2) is 59.5 Å². The van der Waals surface area contributed by atoms with Gasteiger partial charge in [-0.05, 0) is 67.6 Å². The number of hydrogen-bond donors (Lipinski definition) is 4. The maximum Gasteiger partial charge on any atom is 0.416 e. The van der Waals surface area contributed by atoms with Crippen molar-refractivity contribution in [1.82, 2.24) is 0 Å². The summed E-state index contributed by atoms with van der Waals surface area (Å²) in [4.78, 5) is 12.3. The van der Waals surface area contributed by atoms with E-state index in [-0.39, 0.29) is 44.3 Å². The van der Waals surface area contributed by atoms with Gasteiger partial charge < -0.3 is 15.5 Å². The largest absolute Gasteiger partial charge is 0.508 e. The number of aromatic hydroxyl groups is 2. The Morgan fingerprint density at radius 1 is 1.00 bits per heavy atom. The number of fused-ring (bicyclic) bond motifs is 1. The minimum absolute atomic E-state index is 0.0667. The second kappa shape index (κ2) is 8.10. The van der Waals surface area contributed by atoms with Gasteiger partial charge in [0.15, 0.2) is 0 Å². The number of halogens is 3. The summed E-state index contributed by atoms with van der Waals surface area (Å²) in [6.45, 7) is 1.49. The van der Waals surface area contributed by atoms with Crippen LogP contribution in [-0.2, 0) is 21.0 Å². The summed E-state index contributed by atoms with van der Waals surface area (Å²) in [5.41, 5.74) is 0.157. The third kappa shape index (κ3) is 4.29. The van der Waals surface area contributed by atoms with Crippen molar-refractivity contribution in [1.29, 1.82) is 0 Å². The highest BCUT2D eigenvalue weighted by Gasteiger charge is 2.30. The molecule has 176 valence electrons.